The molecule has 2 rings (SSSR count). The zero-order valence-corrected chi connectivity index (χ0v) is 7.58. The number of hydrogen-bond acceptors (Lipinski definition) is 2. The van der Waals surface area contributed by atoms with Gasteiger partial charge in [0, 0.05) is 25.2 Å². The van der Waals surface area contributed by atoms with E-state index < -0.39 is 0 Å². The molecule has 11 heavy (non-hydrogen) atoms. The van der Waals surface area contributed by atoms with Gasteiger partial charge < -0.3 is 4.90 Å². The van der Waals surface area contributed by atoms with Crippen LogP contribution < -0.4 is 0 Å². The van der Waals surface area contributed by atoms with Gasteiger partial charge in [0.15, 0.2) is 0 Å². The van der Waals surface area contributed by atoms with E-state index in [-0.39, 0.29) is 0 Å². The Labute approximate surface area is 69.2 Å². The third-order valence-electron chi connectivity index (χ3n) is 2.89. The van der Waals surface area contributed by atoms with Crippen LogP contribution in [0.4, 0.5) is 0 Å². The summed E-state index contributed by atoms with van der Waals surface area (Å²) < 4.78 is 0. The van der Waals surface area contributed by atoms with E-state index in [2.05, 4.69) is 23.8 Å². The molecule has 0 atom stereocenters. The molecule has 64 valence electrons. The quantitative estimate of drug-likeness (QED) is 0.593. The van der Waals surface area contributed by atoms with Crippen molar-refractivity contribution in [3.8, 4) is 0 Å². The summed E-state index contributed by atoms with van der Waals surface area (Å²) in [5.74, 6) is 0. The Morgan fingerprint density at radius 1 is 1.27 bits per heavy atom. The largest absolute Gasteiger partial charge is 0.303 e. The van der Waals surface area contributed by atoms with Gasteiger partial charge in [0.2, 0.25) is 0 Å². The molecule has 0 N–H and O–H groups in total. The smallest absolute Gasteiger partial charge is 0.0353 e. The van der Waals surface area contributed by atoms with E-state index in [0.29, 0.717) is 0 Å². The third kappa shape index (κ3) is 1.42. The first kappa shape index (κ1) is 7.56. The van der Waals surface area contributed by atoms with Crippen molar-refractivity contribution in [2.24, 2.45) is 0 Å². The minimum Gasteiger partial charge on any atom is -0.303 e. The van der Waals surface area contributed by atoms with E-state index in [0.717, 1.165) is 12.1 Å². The Morgan fingerprint density at radius 2 is 1.91 bits per heavy atom. The van der Waals surface area contributed by atoms with E-state index in [4.69, 9.17) is 0 Å². The molecule has 0 bridgehead atoms. The molecule has 1 heterocycles. The number of likely N-dealkylation sites (N-methyl/N-ethyl adjacent to an activating group) is 2. The molecule has 1 aliphatic carbocycles. The molecule has 2 fully saturated rings. The topological polar surface area (TPSA) is 6.48 Å². The normalized spacial score (nSPS) is 27.5. The predicted molar refractivity (Wildman–Crippen MR) is 46.7 cm³/mol. The van der Waals surface area contributed by atoms with Crippen LogP contribution in [0.2, 0.25) is 0 Å². The highest BCUT2D eigenvalue weighted by Crippen LogP contribution is 2.30. The summed E-state index contributed by atoms with van der Waals surface area (Å²) in [7, 11) is 2.21. The van der Waals surface area contributed by atoms with Crippen LogP contribution in [0.15, 0.2) is 0 Å². The Balaban J connectivity index is 1.81. The fourth-order valence-corrected chi connectivity index (χ4v) is 2.10. The van der Waals surface area contributed by atoms with E-state index >= 15 is 0 Å². The summed E-state index contributed by atoms with van der Waals surface area (Å²) in [6.07, 6.45) is 2.90. The van der Waals surface area contributed by atoms with E-state index in [1.807, 2.05) is 0 Å². The number of likely N-dealkylation sites (tertiary alicyclic amines) is 1. The molecule has 0 unspecified atom stereocenters. The lowest BCUT2D eigenvalue weighted by Gasteiger charge is -2.43. The lowest BCUT2D eigenvalue weighted by atomic mass is 10.1. The van der Waals surface area contributed by atoms with Crippen LogP contribution >= 0.6 is 0 Å². The fourth-order valence-electron chi connectivity index (χ4n) is 2.10. The van der Waals surface area contributed by atoms with Gasteiger partial charge in [0.25, 0.3) is 0 Å². The van der Waals surface area contributed by atoms with Crippen molar-refractivity contribution < 1.29 is 0 Å². The average molecular weight is 154 g/mol. The molecule has 1 aliphatic heterocycles. The molecule has 0 aromatic rings. The summed E-state index contributed by atoms with van der Waals surface area (Å²) in [4.78, 5) is 5.08. The minimum atomic E-state index is 0.887. The maximum Gasteiger partial charge on any atom is 0.0353 e. The van der Waals surface area contributed by atoms with Gasteiger partial charge in [-0.15, -0.1) is 0 Å². The first-order valence-electron chi connectivity index (χ1n) is 4.75. The predicted octanol–water partition coefficient (Wildman–Crippen LogP) is 0.785. The van der Waals surface area contributed by atoms with Crippen LogP contribution in [-0.4, -0.2) is 48.6 Å². The Bertz CT molecular complexity index is 136. The first-order chi connectivity index (χ1) is 5.31. The molecule has 0 amide bonds. The van der Waals surface area contributed by atoms with Crippen molar-refractivity contribution in [2.45, 2.75) is 31.8 Å². The van der Waals surface area contributed by atoms with Gasteiger partial charge in [-0.25, -0.2) is 0 Å². The number of hydrogen-bond donors (Lipinski definition) is 0. The summed E-state index contributed by atoms with van der Waals surface area (Å²) in [6, 6.07) is 1.84. The van der Waals surface area contributed by atoms with Crippen LogP contribution in [0, 0.1) is 0 Å². The van der Waals surface area contributed by atoms with Gasteiger partial charge in [-0.3, -0.25) is 4.90 Å². The summed E-state index contributed by atoms with van der Waals surface area (Å²) in [5.41, 5.74) is 0. The standard InChI is InChI=1S/C9H18N2/c1-3-11(8-4-5-8)9-6-10(2)7-9/h8-9H,3-7H2,1-2H3. The molecular formula is C9H18N2. The molecule has 1 saturated carbocycles. The zero-order chi connectivity index (χ0) is 7.84. The Morgan fingerprint density at radius 3 is 2.27 bits per heavy atom. The van der Waals surface area contributed by atoms with Crippen LogP contribution in [0.25, 0.3) is 0 Å². The number of nitrogens with zero attached hydrogens (tertiary/aromatic N) is 2. The highest BCUT2D eigenvalue weighted by atomic mass is 15.3. The molecule has 2 aliphatic rings. The Kier molecular flexibility index (Phi) is 1.90. The van der Waals surface area contributed by atoms with E-state index in [1.54, 1.807) is 0 Å². The summed E-state index contributed by atoms with van der Waals surface area (Å²) in [5, 5.41) is 0. The maximum absolute atomic E-state index is 2.68. The van der Waals surface area contributed by atoms with E-state index in [1.165, 1.54) is 32.5 Å². The molecular weight excluding hydrogens is 136 g/mol. The van der Waals surface area contributed by atoms with Crippen molar-refractivity contribution in [3.05, 3.63) is 0 Å². The molecule has 0 radical (unpaired) electrons. The van der Waals surface area contributed by atoms with Crippen molar-refractivity contribution in [3.63, 3.8) is 0 Å². The van der Waals surface area contributed by atoms with Crippen molar-refractivity contribution in [2.75, 3.05) is 26.7 Å². The SMILES string of the molecule is CCN(C1CC1)C1CN(C)C1. The highest BCUT2D eigenvalue weighted by molar-refractivity contribution is 4.94. The second kappa shape index (κ2) is 2.76. The van der Waals surface area contributed by atoms with Crippen molar-refractivity contribution in [1.29, 1.82) is 0 Å². The highest BCUT2D eigenvalue weighted by Gasteiger charge is 2.37. The summed E-state index contributed by atoms with van der Waals surface area (Å²) in [6.45, 7) is 6.13. The second-order valence-corrected chi connectivity index (χ2v) is 3.94. The van der Waals surface area contributed by atoms with Gasteiger partial charge in [-0.05, 0) is 26.4 Å². The van der Waals surface area contributed by atoms with Crippen molar-refractivity contribution >= 4 is 0 Å². The molecule has 1 saturated heterocycles. The molecule has 0 aromatic heterocycles. The summed E-state index contributed by atoms with van der Waals surface area (Å²) >= 11 is 0. The Hall–Kier alpha value is -0.0800. The lowest BCUT2D eigenvalue weighted by molar-refractivity contribution is 0.0505. The van der Waals surface area contributed by atoms with E-state index in [9.17, 15) is 0 Å². The second-order valence-electron chi connectivity index (χ2n) is 3.94. The van der Waals surface area contributed by atoms with Gasteiger partial charge >= 0.3 is 0 Å². The molecule has 2 nitrogen and oxygen atoms in total. The van der Waals surface area contributed by atoms with Crippen LogP contribution in [0.3, 0.4) is 0 Å². The van der Waals surface area contributed by atoms with Gasteiger partial charge in [-0.2, -0.15) is 0 Å². The first-order valence-corrected chi connectivity index (χ1v) is 4.75. The van der Waals surface area contributed by atoms with Crippen LogP contribution in [0.1, 0.15) is 19.8 Å². The number of rotatable bonds is 3. The zero-order valence-electron chi connectivity index (χ0n) is 7.58. The van der Waals surface area contributed by atoms with Crippen molar-refractivity contribution in [1.82, 2.24) is 9.80 Å². The van der Waals surface area contributed by atoms with Gasteiger partial charge in [0.1, 0.15) is 0 Å². The van der Waals surface area contributed by atoms with Crippen LogP contribution in [-0.2, 0) is 0 Å². The van der Waals surface area contributed by atoms with Gasteiger partial charge in [-0.1, -0.05) is 6.92 Å². The third-order valence-corrected chi connectivity index (χ3v) is 2.89. The fraction of sp³-hybridized carbons (Fsp3) is 1.00. The lowest BCUT2D eigenvalue weighted by Crippen LogP contribution is -2.58. The maximum atomic E-state index is 2.68. The molecule has 2 heteroatoms. The van der Waals surface area contributed by atoms with Gasteiger partial charge in [0.05, 0.1) is 0 Å². The molecule has 0 spiro atoms. The monoisotopic (exact) mass is 154 g/mol. The minimum absolute atomic E-state index is 0.887. The average Bonchev–Trinajstić information content (AvgIpc) is 2.69. The molecule has 0 aromatic carbocycles. The van der Waals surface area contributed by atoms with Crippen LogP contribution in [0.5, 0.6) is 0 Å².